The molecule has 1 aromatic heterocycles. The number of rotatable bonds is 8. The molecule has 0 saturated carbocycles. The maximum atomic E-state index is 12.8. The van der Waals surface area contributed by atoms with Gasteiger partial charge in [0.1, 0.15) is 5.75 Å². The Hall–Kier alpha value is -3.24. The van der Waals surface area contributed by atoms with Crippen molar-refractivity contribution >= 4 is 15.9 Å². The Kier molecular flexibility index (Phi) is 7.42. The molecule has 3 rings (SSSR count). The summed E-state index contributed by atoms with van der Waals surface area (Å²) in [5, 5.41) is 6.68. The highest BCUT2D eigenvalue weighted by molar-refractivity contribution is 7.89. The minimum atomic E-state index is -3.96. The second-order valence-electron chi connectivity index (χ2n) is 9.15. The van der Waals surface area contributed by atoms with Gasteiger partial charge in [-0.05, 0) is 43.0 Å². The van der Waals surface area contributed by atoms with Crippen LogP contribution in [0, 0.1) is 0 Å². The molecule has 2 aromatic carbocycles. The summed E-state index contributed by atoms with van der Waals surface area (Å²) < 4.78 is 38.5. The van der Waals surface area contributed by atoms with E-state index < -0.39 is 15.9 Å². The van der Waals surface area contributed by atoms with Crippen molar-refractivity contribution in [1.82, 2.24) is 20.2 Å². The molecule has 34 heavy (non-hydrogen) atoms. The monoisotopic (exact) mass is 486 g/mol. The Morgan fingerprint density at radius 1 is 1.12 bits per heavy atom. The number of sulfonamides is 1. The van der Waals surface area contributed by atoms with Gasteiger partial charge in [0.15, 0.2) is 0 Å². The van der Waals surface area contributed by atoms with Gasteiger partial charge in [-0.25, -0.2) is 13.1 Å². The normalized spacial score (nSPS) is 12.1. The first-order valence-electron chi connectivity index (χ1n) is 10.8. The number of carbonyl (C=O) groups is 1. The van der Waals surface area contributed by atoms with E-state index in [2.05, 4.69) is 41.0 Å². The van der Waals surface area contributed by atoms with Gasteiger partial charge in [-0.15, -0.1) is 0 Å². The van der Waals surface area contributed by atoms with Gasteiger partial charge in [-0.1, -0.05) is 50.2 Å². The topological polar surface area (TPSA) is 123 Å². The first kappa shape index (κ1) is 25.4. The lowest BCUT2D eigenvalue weighted by Crippen LogP contribution is -2.31. The summed E-state index contributed by atoms with van der Waals surface area (Å²) in [6.45, 7) is 9.80. The molecule has 0 spiro atoms. The highest BCUT2D eigenvalue weighted by Crippen LogP contribution is 2.25. The molecule has 1 heterocycles. The Morgan fingerprint density at radius 3 is 2.38 bits per heavy atom. The molecule has 3 aromatic rings. The lowest BCUT2D eigenvalue weighted by molar-refractivity contribution is 0.0940. The zero-order valence-corrected chi connectivity index (χ0v) is 21.0. The summed E-state index contributed by atoms with van der Waals surface area (Å²) >= 11 is 0. The largest absolute Gasteiger partial charge is 0.496 e. The molecule has 2 N–H and O–H groups in total. The molecule has 0 radical (unpaired) electrons. The number of methoxy groups -OCH3 is 1. The summed E-state index contributed by atoms with van der Waals surface area (Å²) in [6, 6.07) is 11.8. The lowest BCUT2D eigenvalue weighted by atomic mass is 9.87. The molecule has 182 valence electrons. The number of benzene rings is 2. The van der Waals surface area contributed by atoms with Gasteiger partial charge in [-0.2, -0.15) is 4.98 Å². The third-order valence-electron chi connectivity index (χ3n) is 5.04. The fraction of sp³-hybridized carbons (Fsp3) is 0.375. The number of carbonyl (C=O) groups excluding carboxylic acids is 1. The van der Waals surface area contributed by atoms with Crippen molar-refractivity contribution in [2.24, 2.45) is 0 Å². The number of ether oxygens (including phenoxy) is 1. The zero-order chi connectivity index (χ0) is 25.1. The SMILES string of the molecule is COc1ccc(S(=O)(=O)NCc2nc(-c3ccc(C(C)(C)C)cc3)no2)cc1C(=O)NC(C)C. The standard InChI is InChI=1S/C24H30N4O5S/c1-15(2)26-23(29)19-13-18(11-12-20(19)32-6)34(30,31)25-14-21-27-22(28-33-21)16-7-9-17(10-8-16)24(3,4)5/h7-13,15,25H,14H2,1-6H3,(H,26,29). The average Bonchev–Trinajstić information content (AvgIpc) is 3.25. The number of hydrogen-bond donors (Lipinski definition) is 2. The van der Waals surface area contributed by atoms with Gasteiger partial charge in [0.25, 0.3) is 5.91 Å². The predicted molar refractivity (Wildman–Crippen MR) is 128 cm³/mol. The van der Waals surface area contributed by atoms with E-state index in [4.69, 9.17) is 9.26 Å². The summed E-state index contributed by atoms with van der Waals surface area (Å²) in [7, 11) is -2.54. The molecular weight excluding hydrogens is 456 g/mol. The quantitative estimate of drug-likeness (QED) is 0.498. The van der Waals surface area contributed by atoms with Crippen LogP contribution in [0.5, 0.6) is 5.75 Å². The summed E-state index contributed by atoms with van der Waals surface area (Å²) in [5.74, 6) is 0.329. The van der Waals surface area contributed by atoms with E-state index in [-0.39, 0.29) is 40.1 Å². The van der Waals surface area contributed by atoms with E-state index in [1.807, 2.05) is 38.1 Å². The molecular formula is C24H30N4O5S. The molecule has 0 unspecified atom stereocenters. The molecule has 10 heteroatoms. The van der Waals surface area contributed by atoms with E-state index in [0.29, 0.717) is 5.82 Å². The van der Waals surface area contributed by atoms with Crippen LogP contribution < -0.4 is 14.8 Å². The second kappa shape index (κ2) is 9.94. The number of hydrogen-bond acceptors (Lipinski definition) is 7. The Balaban J connectivity index is 1.75. The molecule has 0 aliphatic rings. The van der Waals surface area contributed by atoms with Crippen LogP contribution >= 0.6 is 0 Å². The van der Waals surface area contributed by atoms with Crippen LogP contribution in [-0.2, 0) is 22.0 Å². The molecule has 0 fully saturated rings. The molecule has 0 aliphatic heterocycles. The molecule has 0 aliphatic carbocycles. The van der Waals surface area contributed by atoms with Crippen molar-refractivity contribution < 1.29 is 22.5 Å². The summed E-state index contributed by atoms with van der Waals surface area (Å²) in [6.07, 6.45) is 0. The lowest BCUT2D eigenvalue weighted by Gasteiger charge is -2.18. The smallest absolute Gasteiger partial charge is 0.255 e. The zero-order valence-electron chi connectivity index (χ0n) is 20.2. The Labute approximate surface area is 200 Å². The third-order valence-corrected chi connectivity index (χ3v) is 6.44. The van der Waals surface area contributed by atoms with Crippen LogP contribution in [0.2, 0.25) is 0 Å². The predicted octanol–water partition coefficient (Wildman–Crippen LogP) is 3.66. The van der Waals surface area contributed by atoms with Crippen molar-refractivity contribution in [2.45, 2.75) is 57.5 Å². The van der Waals surface area contributed by atoms with Crippen LogP contribution in [-0.4, -0.2) is 37.6 Å². The molecule has 9 nitrogen and oxygen atoms in total. The maximum Gasteiger partial charge on any atom is 0.255 e. The second-order valence-corrected chi connectivity index (χ2v) is 10.9. The fourth-order valence-electron chi connectivity index (χ4n) is 3.17. The third kappa shape index (κ3) is 6.00. The molecule has 0 saturated heterocycles. The number of amides is 1. The van der Waals surface area contributed by atoms with Gasteiger partial charge in [0, 0.05) is 11.6 Å². The van der Waals surface area contributed by atoms with E-state index in [1.165, 1.54) is 30.9 Å². The van der Waals surface area contributed by atoms with Crippen molar-refractivity contribution in [3.05, 3.63) is 59.5 Å². The molecule has 1 amide bonds. The average molecular weight is 487 g/mol. The fourth-order valence-corrected chi connectivity index (χ4v) is 4.18. The minimum absolute atomic E-state index is 0.0238. The van der Waals surface area contributed by atoms with E-state index >= 15 is 0 Å². The highest BCUT2D eigenvalue weighted by atomic mass is 32.2. The van der Waals surface area contributed by atoms with Crippen LogP contribution in [0.4, 0.5) is 0 Å². The number of nitrogens with zero attached hydrogens (tertiary/aromatic N) is 2. The van der Waals surface area contributed by atoms with E-state index in [9.17, 15) is 13.2 Å². The van der Waals surface area contributed by atoms with Gasteiger partial charge in [-0.3, -0.25) is 4.79 Å². The van der Waals surface area contributed by atoms with Crippen LogP contribution in [0.25, 0.3) is 11.4 Å². The minimum Gasteiger partial charge on any atom is -0.496 e. The van der Waals surface area contributed by atoms with Gasteiger partial charge < -0.3 is 14.6 Å². The number of aromatic nitrogens is 2. The van der Waals surface area contributed by atoms with Crippen molar-refractivity contribution in [3.8, 4) is 17.1 Å². The van der Waals surface area contributed by atoms with Crippen LogP contribution in [0.3, 0.4) is 0 Å². The Bertz CT molecular complexity index is 1260. The summed E-state index contributed by atoms with van der Waals surface area (Å²) in [4.78, 5) is 16.7. The maximum absolute atomic E-state index is 12.8. The first-order valence-corrected chi connectivity index (χ1v) is 12.3. The van der Waals surface area contributed by atoms with Gasteiger partial charge >= 0.3 is 0 Å². The van der Waals surface area contributed by atoms with Crippen molar-refractivity contribution in [1.29, 1.82) is 0 Å². The van der Waals surface area contributed by atoms with Crippen LogP contribution in [0.15, 0.2) is 51.9 Å². The van der Waals surface area contributed by atoms with Crippen LogP contribution in [0.1, 0.15) is 56.4 Å². The van der Waals surface area contributed by atoms with Crippen molar-refractivity contribution in [3.63, 3.8) is 0 Å². The molecule has 0 atom stereocenters. The first-order chi connectivity index (χ1) is 15.9. The van der Waals surface area contributed by atoms with Crippen molar-refractivity contribution in [2.75, 3.05) is 7.11 Å². The van der Waals surface area contributed by atoms with E-state index in [0.717, 1.165) is 5.56 Å². The Morgan fingerprint density at radius 2 is 1.79 bits per heavy atom. The molecule has 0 bridgehead atoms. The highest BCUT2D eigenvalue weighted by Gasteiger charge is 2.21. The summed E-state index contributed by atoms with van der Waals surface area (Å²) in [5.41, 5.74) is 2.09. The van der Waals surface area contributed by atoms with E-state index in [1.54, 1.807) is 0 Å². The number of nitrogens with one attached hydrogen (secondary N) is 2. The van der Waals surface area contributed by atoms with Gasteiger partial charge in [0.2, 0.25) is 21.7 Å². The van der Waals surface area contributed by atoms with Gasteiger partial charge in [0.05, 0.1) is 24.1 Å².